The van der Waals surface area contributed by atoms with Gasteiger partial charge in [-0.15, -0.1) is 0 Å². The standard InChI is InChI=1S/C25H33N3O/c1-16-19-14-13-17(25(19,2)3)15-21(16)27-24(29)23-26-20-11-7-8-12-22(20)28(23)18-9-5-4-6-10-18/h7-8,11-14,16-19,21H,4-6,9-10,15H2,1-3H3,(H,27,29)/t16-,17+,19-,21-/m1/s1. The van der Waals surface area contributed by atoms with Crippen molar-refractivity contribution in [3.63, 3.8) is 0 Å². The fourth-order valence-corrected chi connectivity index (χ4v) is 6.31. The van der Waals surface area contributed by atoms with E-state index in [0.29, 0.717) is 35.0 Å². The molecule has 1 amide bonds. The van der Waals surface area contributed by atoms with E-state index in [1.165, 1.54) is 19.3 Å². The lowest BCUT2D eigenvalue weighted by Gasteiger charge is -2.46. The number of para-hydroxylation sites is 2. The largest absolute Gasteiger partial charge is 0.346 e. The molecular weight excluding hydrogens is 358 g/mol. The summed E-state index contributed by atoms with van der Waals surface area (Å²) in [5, 5.41) is 3.40. The maximum absolute atomic E-state index is 13.5. The zero-order chi connectivity index (χ0) is 20.2. The first-order chi connectivity index (χ1) is 14.0. The van der Waals surface area contributed by atoms with Crippen molar-refractivity contribution in [2.24, 2.45) is 23.2 Å². The van der Waals surface area contributed by atoms with Crippen molar-refractivity contribution in [3.8, 4) is 0 Å². The van der Waals surface area contributed by atoms with Crippen molar-refractivity contribution in [1.29, 1.82) is 0 Å². The predicted octanol–water partition coefficient (Wildman–Crippen LogP) is 5.51. The highest BCUT2D eigenvalue weighted by Crippen LogP contribution is 2.53. The maximum atomic E-state index is 13.5. The molecule has 0 unspecified atom stereocenters. The van der Waals surface area contributed by atoms with E-state index in [9.17, 15) is 4.79 Å². The minimum Gasteiger partial charge on any atom is -0.346 e. The van der Waals surface area contributed by atoms with Crippen LogP contribution in [0.3, 0.4) is 0 Å². The predicted molar refractivity (Wildman–Crippen MR) is 117 cm³/mol. The Labute approximate surface area is 173 Å². The van der Waals surface area contributed by atoms with Gasteiger partial charge in [0.25, 0.3) is 5.91 Å². The Morgan fingerprint density at radius 1 is 1.14 bits per heavy atom. The third-order valence-corrected chi connectivity index (χ3v) is 8.13. The lowest BCUT2D eigenvalue weighted by atomic mass is 9.61. The molecule has 0 aliphatic heterocycles. The van der Waals surface area contributed by atoms with Crippen molar-refractivity contribution in [2.75, 3.05) is 0 Å². The summed E-state index contributed by atoms with van der Waals surface area (Å²) in [6, 6.07) is 8.80. The van der Waals surface area contributed by atoms with E-state index in [2.05, 4.69) is 54.9 Å². The minimum absolute atomic E-state index is 0.00253. The molecule has 2 aromatic rings. The molecule has 5 rings (SSSR count). The van der Waals surface area contributed by atoms with Crippen LogP contribution in [0.4, 0.5) is 0 Å². The van der Waals surface area contributed by atoms with Crippen LogP contribution in [-0.4, -0.2) is 21.5 Å². The second-order valence-corrected chi connectivity index (χ2v) is 10.1. The quantitative estimate of drug-likeness (QED) is 0.702. The van der Waals surface area contributed by atoms with Crippen LogP contribution >= 0.6 is 0 Å². The summed E-state index contributed by atoms with van der Waals surface area (Å²) in [5.74, 6) is 2.13. The van der Waals surface area contributed by atoms with E-state index in [-0.39, 0.29) is 11.9 Å². The van der Waals surface area contributed by atoms with Gasteiger partial charge in [-0.25, -0.2) is 4.98 Å². The Balaban J connectivity index is 1.44. The fourth-order valence-electron chi connectivity index (χ4n) is 6.31. The zero-order valence-corrected chi connectivity index (χ0v) is 17.9. The second-order valence-electron chi connectivity index (χ2n) is 10.1. The number of rotatable bonds is 3. The number of allylic oxidation sites excluding steroid dienone is 2. The van der Waals surface area contributed by atoms with Gasteiger partial charge in [0.05, 0.1) is 11.0 Å². The first-order valence-electron chi connectivity index (χ1n) is 11.4. The van der Waals surface area contributed by atoms with Crippen molar-refractivity contribution in [1.82, 2.24) is 14.9 Å². The molecule has 0 radical (unpaired) electrons. The Bertz CT molecular complexity index is 950. The van der Waals surface area contributed by atoms with Gasteiger partial charge in [-0.1, -0.05) is 64.3 Å². The van der Waals surface area contributed by atoms with E-state index in [1.807, 2.05) is 12.1 Å². The smallest absolute Gasteiger partial charge is 0.287 e. The van der Waals surface area contributed by atoms with Crippen molar-refractivity contribution < 1.29 is 4.79 Å². The van der Waals surface area contributed by atoms with Crippen LogP contribution in [0.5, 0.6) is 0 Å². The number of carbonyl (C=O) groups is 1. The summed E-state index contributed by atoms with van der Waals surface area (Å²) in [5.41, 5.74) is 2.34. The summed E-state index contributed by atoms with van der Waals surface area (Å²) >= 11 is 0. The first-order valence-corrected chi connectivity index (χ1v) is 11.4. The molecule has 1 aromatic carbocycles. The van der Waals surface area contributed by atoms with Crippen LogP contribution in [-0.2, 0) is 0 Å². The SMILES string of the molecule is C[C@@H]1[C@H]2C=C[C@@H](C[C@H]1NC(=O)c1nc3ccccc3n1C1CCCCC1)C2(C)C. The summed E-state index contributed by atoms with van der Waals surface area (Å²) in [4.78, 5) is 18.3. The molecule has 3 aliphatic carbocycles. The molecule has 29 heavy (non-hydrogen) atoms. The van der Waals surface area contributed by atoms with Crippen LogP contribution in [0.2, 0.25) is 0 Å². The van der Waals surface area contributed by atoms with Gasteiger partial charge in [0, 0.05) is 12.1 Å². The van der Waals surface area contributed by atoms with Crippen LogP contribution in [0.15, 0.2) is 36.4 Å². The van der Waals surface area contributed by atoms with Gasteiger partial charge >= 0.3 is 0 Å². The number of hydrogen-bond donors (Lipinski definition) is 1. The lowest BCUT2D eigenvalue weighted by Crippen LogP contribution is -2.50. The molecule has 1 N–H and O–H groups in total. The summed E-state index contributed by atoms with van der Waals surface area (Å²) in [6.07, 6.45) is 11.9. The molecular formula is C25H33N3O. The third-order valence-electron chi connectivity index (χ3n) is 8.13. The Morgan fingerprint density at radius 3 is 2.69 bits per heavy atom. The molecule has 3 aliphatic rings. The summed E-state index contributed by atoms with van der Waals surface area (Å²) < 4.78 is 2.24. The van der Waals surface area contributed by atoms with E-state index < -0.39 is 0 Å². The number of nitrogens with one attached hydrogen (secondary N) is 1. The number of benzene rings is 1. The van der Waals surface area contributed by atoms with Crippen molar-refractivity contribution in [2.45, 2.75) is 71.4 Å². The normalized spacial score (nSPS) is 31.3. The van der Waals surface area contributed by atoms with Gasteiger partial charge in [-0.05, 0) is 54.6 Å². The van der Waals surface area contributed by atoms with Gasteiger partial charge in [0.2, 0.25) is 0 Å². The monoisotopic (exact) mass is 391 g/mol. The number of carbonyl (C=O) groups excluding carboxylic acids is 1. The topological polar surface area (TPSA) is 46.9 Å². The molecule has 1 heterocycles. The summed E-state index contributed by atoms with van der Waals surface area (Å²) in [6.45, 7) is 7.05. The number of hydrogen-bond acceptors (Lipinski definition) is 2. The maximum Gasteiger partial charge on any atom is 0.287 e. The molecule has 2 fully saturated rings. The molecule has 0 spiro atoms. The molecule has 1 aromatic heterocycles. The minimum atomic E-state index is 0.00253. The Hall–Kier alpha value is -2.10. The van der Waals surface area contributed by atoms with Gasteiger partial charge in [-0.3, -0.25) is 4.79 Å². The molecule has 2 saturated carbocycles. The average Bonchev–Trinajstić information content (AvgIpc) is 3.18. The number of imidazole rings is 1. The lowest BCUT2D eigenvalue weighted by molar-refractivity contribution is 0.0572. The van der Waals surface area contributed by atoms with Crippen molar-refractivity contribution in [3.05, 3.63) is 42.2 Å². The molecule has 0 saturated heterocycles. The van der Waals surface area contributed by atoms with Crippen molar-refractivity contribution >= 4 is 16.9 Å². The van der Waals surface area contributed by atoms with Gasteiger partial charge in [-0.2, -0.15) is 0 Å². The van der Waals surface area contributed by atoms with Gasteiger partial charge < -0.3 is 9.88 Å². The fraction of sp³-hybridized carbons (Fsp3) is 0.600. The first kappa shape index (κ1) is 18.9. The number of amides is 1. The molecule has 4 heteroatoms. The molecule has 4 atom stereocenters. The highest BCUT2D eigenvalue weighted by molar-refractivity contribution is 5.95. The van der Waals surface area contributed by atoms with Crippen LogP contribution in [0.1, 0.15) is 76.0 Å². The van der Waals surface area contributed by atoms with E-state index in [0.717, 1.165) is 30.3 Å². The van der Waals surface area contributed by atoms with Crippen LogP contribution in [0.25, 0.3) is 11.0 Å². The van der Waals surface area contributed by atoms with Gasteiger partial charge in [0.1, 0.15) is 0 Å². The third kappa shape index (κ3) is 3.03. The summed E-state index contributed by atoms with van der Waals surface area (Å²) in [7, 11) is 0. The average molecular weight is 392 g/mol. The van der Waals surface area contributed by atoms with E-state index >= 15 is 0 Å². The number of nitrogens with zero attached hydrogens (tertiary/aromatic N) is 2. The zero-order valence-electron chi connectivity index (χ0n) is 17.9. The number of aromatic nitrogens is 2. The van der Waals surface area contributed by atoms with Crippen LogP contribution < -0.4 is 5.32 Å². The highest BCUT2D eigenvalue weighted by atomic mass is 16.2. The Morgan fingerprint density at radius 2 is 1.90 bits per heavy atom. The number of fused-ring (bicyclic) bond motifs is 3. The molecule has 154 valence electrons. The van der Waals surface area contributed by atoms with E-state index in [4.69, 9.17) is 4.98 Å². The Kier molecular flexibility index (Phi) is 4.56. The second kappa shape index (κ2) is 7.00. The molecule has 4 nitrogen and oxygen atoms in total. The highest BCUT2D eigenvalue weighted by Gasteiger charge is 2.49. The van der Waals surface area contributed by atoms with Gasteiger partial charge in [0.15, 0.2) is 5.82 Å². The van der Waals surface area contributed by atoms with E-state index in [1.54, 1.807) is 0 Å². The molecule has 2 bridgehead atoms. The van der Waals surface area contributed by atoms with Crippen LogP contribution in [0, 0.1) is 23.2 Å².